The molecule has 5 rings (SSSR count). The van der Waals surface area contributed by atoms with Gasteiger partial charge in [0.1, 0.15) is 12.4 Å². The second-order valence-corrected chi connectivity index (χ2v) is 10.6. The van der Waals surface area contributed by atoms with Gasteiger partial charge < -0.3 is 14.6 Å². The molecule has 4 aromatic rings. The van der Waals surface area contributed by atoms with Gasteiger partial charge in [-0.3, -0.25) is 4.79 Å². The van der Waals surface area contributed by atoms with Crippen LogP contribution in [0.1, 0.15) is 34.0 Å². The maximum Gasteiger partial charge on any atom is 0.335 e. The predicted molar refractivity (Wildman–Crippen MR) is 140 cm³/mol. The fourth-order valence-electron chi connectivity index (χ4n) is 4.84. The van der Waals surface area contributed by atoms with Crippen LogP contribution in [0, 0.1) is 18.6 Å². The normalized spacial score (nSPS) is 15.5. The van der Waals surface area contributed by atoms with Gasteiger partial charge in [0.2, 0.25) is 5.91 Å². The highest BCUT2D eigenvalue weighted by Crippen LogP contribution is 2.41. The zero-order valence-corrected chi connectivity index (χ0v) is 21.5. The van der Waals surface area contributed by atoms with E-state index in [1.165, 1.54) is 36.0 Å². The Hall–Kier alpha value is -3.36. The van der Waals surface area contributed by atoms with Crippen molar-refractivity contribution in [3.05, 3.63) is 94.1 Å². The number of hydrogen-bond acceptors (Lipinski definition) is 3. The molecule has 0 radical (unpaired) electrons. The Labute approximate surface area is 221 Å². The van der Waals surface area contributed by atoms with Gasteiger partial charge >= 0.3 is 5.97 Å². The van der Waals surface area contributed by atoms with E-state index in [-0.39, 0.29) is 40.3 Å². The fraction of sp³-hybridized carbons (Fsp3) is 0.214. The maximum atomic E-state index is 15.3. The number of aromatic carboxylic acids is 1. The van der Waals surface area contributed by atoms with Crippen molar-refractivity contribution in [1.82, 2.24) is 9.47 Å². The summed E-state index contributed by atoms with van der Waals surface area (Å²) in [6.07, 6.45) is 0.768. The summed E-state index contributed by atoms with van der Waals surface area (Å²) in [6, 6.07) is 16.1. The molecule has 1 aliphatic rings. The first-order valence-electron chi connectivity index (χ1n) is 11.7. The largest absolute Gasteiger partial charge is 0.478 e. The average molecular weight is 541 g/mol. The van der Waals surface area contributed by atoms with E-state index in [2.05, 4.69) is 0 Å². The van der Waals surface area contributed by atoms with E-state index in [1.54, 1.807) is 45.9 Å². The summed E-state index contributed by atoms with van der Waals surface area (Å²) in [5.74, 6) is -1.96. The standard InChI is InChI=1S/C28H23ClF2N2O3S/c1-16-27(37-21-4-2-3-18(13-21)28(35)36)22-9-10-23(29)25(31)26(22)33(16)15-24(34)32-12-11-19(14-32)17-5-7-20(30)8-6-17/h2-10,13,19H,11-12,14-15H2,1H3,(H,35,36)/t19-/m1/s1. The molecule has 2 heterocycles. The first-order valence-corrected chi connectivity index (χ1v) is 12.9. The van der Waals surface area contributed by atoms with Crippen molar-refractivity contribution in [3.8, 4) is 0 Å². The van der Waals surface area contributed by atoms with Crippen molar-refractivity contribution in [2.24, 2.45) is 0 Å². The minimum absolute atomic E-state index is 0.0410. The molecule has 3 aromatic carbocycles. The molecule has 0 bridgehead atoms. The van der Waals surface area contributed by atoms with E-state index in [0.717, 1.165) is 16.9 Å². The summed E-state index contributed by atoms with van der Waals surface area (Å²) < 4.78 is 30.3. The Kier molecular flexibility index (Phi) is 6.96. The average Bonchev–Trinajstić information content (AvgIpc) is 3.47. The minimum Gasteiger partial charge on any atom is -0.478 e. The second-order valence-electron chi connectivity index (χ2n) is 9.07. The first kappa shape index (κ1) is 25.3. The zero-order chi connectivity index (χ0) is 26.3. The Morgan fingerprint density at radius 3 is 2.59 bits per heavy atom. The molecule has 37 heavy (non-hydrogen) atoms. The molecule has 5 nitrogen and oxygen atoms in total. The molecule has 0 aliphatic carbocycles. The van der Waals surface area contributed by atoms with E-state index in [1.807, 2.05) is 6.92 Å². The van der Waals surface area contributed by atoms with Crippen molar-refractivity contribution in [1.29, 1.82) is 0 Å². The van der Waals surface area contributed by atoms with Gasteiger partial charge in [-0.1, -0.05) is 41.6 Å². The predicted octanol–water partition coefficient (Wildman–Crippen LogP) is 6.75. The Morgan fingerprint density at radius 1 is 1.11 bits per heavy atom. The lowest BCUT2D eigenvalue weighted by atomic mass is 9.99. The third-order valence-corrected chi connectivity index (χ3v) is 8.29. The van der Waals surface area contributed by atoms with Crippen molar-refractivity contribution < 1.29 is 23.5 Å². The molecular formula is C28H23ClF2N2O3S. The van der Waals surface area contributed by atoms with E-state index < -0.39 is 11.8 Å². The first-order chi connectivity index (χ1) is 17.7. The van der Waals surface area contributed by atoms with Gasteiger partial charge in [-0.15, -0.1) is 0 Å². The lowest BCUT2D eigenvalue weighted by Gasteiger charge is -2.18. The van der Waals surface area contributed by atoms with Crippen LogP contribution in [0.25, 0.3) is 10.9 Å². The van der Waals surface area contributed by atoms with Gasteiger partial charge in [0.15, 0.2) is 5.82 Å². The van der Waals surface area contributed by atoms with Gasteiger partial charge in [-0.25, -0.2) is 13.6 Å². The van der Waals surface area contributed by atoms with Crippen molar-refractivity contribution >= 4 is 46.1 Å². The Morgan fingerprint density at radius 2 is 1.86 bits per heavy atom. The van der Waals surface area contributed by atoms with Crippen LogP contribution in [-0.2, 0) is 11.3 Å². The van der Waals surface area contributed by atoms with Crippen LogP contribution < -0.4 is 0 Å². The van der Waals surface area contributed by atoms with Gasteiger partial charge in [-0.2, -0.15) is 0 Å². The number of likely N-dealkylation sites (tertiary alicyclic amines) is 1. The molecule has 1 aromatic heterocycles. The van der Waals surface area contributed by atoms with Crippen molar-refractivity contribution in [2.75, 3.05) is 13.1 Å². The molecule has 0 saturated carbocycles. The summed E-state index contributed by atoms with van der Waals surface area (Å²) in [4.78, 5) is 27.9. The number of amides is 1. The van der Waals surface area contributed by atoms with E-state index in [9.17, 15) is 19.1 Å². The highest BCUT2D eigenvalue weighted by Gasteiger charge is 2.29. The molecular weight excluding hydrogens is 518 g/mol. The lowest BCUT2D eigenvalue weighted by molar-refractivity contribution is -0.130. The van der Waals surface area contributed by atoms with E-state index in [0.29, 0.717) is 29.1 Å². The maximum absolute atomic E-state index is 15.3. The van der Waals surface area contributed by atoms with Crippen LogP contribution in [-0.4, -0.2) is 39.5 Å². The van der Waals surface area contributed by atoms with Gasteiger partial charge in [0.25, 0.3) is 0 Å². The smallest absolute Gasteiger partial charge is 0.335 e. The molecule has 9 heteroatoms. The second kappa shape index (κ2) is 10.2. The lowest BCUT2D eigenvalue weighted by Crippen LogP contribution is -2.32. The number of halogens is 3. The highest BCUT2D eigenvalue weighted by atomic mass is 35.5. The van der Waals surface area contributed by atoms with Crippen LogP contribution in [0.2, 0.25) is 5.02 Å². The number of nitrogens with zero attached hydrogens (tertiary/aromatic N) is 2. The number of carbonyl (C=O) groups is 2. The number of rotatable bonds is 6. The third kappa shape index (κ3) is 4.95. The number of benzene rings is 3. The zero-order valence-electron chi connectivity index (χ0n) is 19.9. The summed E-state index contributed by atoms with van der Waals surface area (Å²) >= 11 is 7.44. The summed E-state index contributed by atoms with van der Waals surface area (Å²) in [5, 5.41) is 9.90. The molecule has 0 unspecified atom stereocenters. The summed E-state index contributed by atoms with van der Waals surface area (Å²) in [5.41, 5.74) is 2.06. The van der Waals surface area contributed by atoms with Gasteiger partial charge in [-0.05, 0) is 61.4 Å². The number of carboxylic acids is 1. The number of hydrogen-bond donors (Lipinski definition) is 1. The van der Waals surface area contributed by atoms with Crippen LogP contribution in [0.4, 0.5) is 8.78 Å². The minimum atomic E-state index is -1.03. The van der Waals surface area contributed by atoms with Gasteiger partial charge in [0, 0.05) is 39.9 Å². The number of fused-ring (bicyclic) bond motifs is 1. The van der Waals surface area contributed by atoms with Gasteiger partial charge in [0.05, 0.1) is 16.1 Å². The Bertz CT molecular complexity index is 1520. The molecule has 1 amide bonds. The molecule has 190 valence electrons. The number of carbonyl (C=O) groups excluding carboxylic acids is 1. The van der Waals surface area contributed by atoms with Crippen LogP contribution in [0.3, 0.4) is 0 Å². The topological polar surface area (TPSA) is 62.5 Å². The molecule has 1 aliphatic heterocycles. The summed E-state index contributed by atoms with van der Waals surface area (Å²) in [6.45, 7) is 2.82. The van der Waals surface area contributed by atoms with E-state index >= 15 is 4.39 Å². The van der Waals surface area contributed by atoms with Crippen LogP contribution >= 0.6 is 23.4 Å². The monoisotopic (exact) mass is 540 g/mol. The molecule has 0 spiro atoms. The van der Waals surface area contributed by atoms with Crippen molar-refractivity contribution in [3.63, 3.8) is 0 Å². The highest BCUT2D eigenvalue weighted by molar-refractivity contribution is 7.99. The fourth-order valence-corrected chi connectivity index (χ4v) is 6.09. The summed E-state index contributed by atoms with van der Waals surface area (Å²) in [7, 11) is 0. The SMILES string of the molecule is Cc1c(Sc2cccc(C(=O)O)c2)c2ccc(Cl)c(F)c2n1CC(=O)N1CC[C@@H](c2ccc(F)cc2)C1. The quantitative estimate of drug-likeness (QED) is 0.294. The van der Waals surface area contributed by atoms with E-state index in [4.69, 9.17) is 11.6 Å². The molecule has 1 fully saturated rings. The third-order valence-electron chi connectivity index (χ3n) is 6.79. The van der Waals surface area contributed by atoms with Crippen LogP contribution in [0.5, 0.6) is 0 Å². The molecule has 1 saturated heterocycles. The van der Waals surface area contributed by atoms with Crippen LogP contribution in [0.15, 0.2) is 70.5 Å². The van der Waals surface area contributed by atoms with Crippen molar-refractivity contribution in [2.45, 2.75) is 35.6 Å². The molecule has 1 N–H and O–H groups in total. The number of aromatic nitrogens is 1. The molecule has 1 atom stereocenters. The Balaban J connectivity index is 1.45. The number of carboxylic acid groups (broad SMARTS) is 1.